The van der Waals surface area contributed by atoms with E-state index < -0.39 is 21.5 Å². The fourth-order valence-electron chi connectivity index (χ4n) is 2.43. The molecule has 0 aliphatic heterocycles. The lowest BCUT2D eigenvalue weighted by Gasteiger charge is -2.35. The standard InChI is InChI=1S/C14H19NO3S/c1-14(16,11-7-4-5-8-11)12-9-6-10-13(12)19(17,18)15(2)3/h4-12,16H,1-3H3. The largest absolute Gasteiger partial charge is 0.388 e. The third kappa shape index (κ3) is 2.33. The van der Waals surface area contributed by atoms with Gasteiger partial charge in [0.15, 0.2) is 0 Å². The van der Waals surface area contributed by atoms with Crippen LogP contribution in [0.15, 0.2) is 47.4 Å². The van der Waals surface area contributed by atoms with Gasteiger partial charge in [-0.2, -0.15) is 0 Å². The highest BCUT2D eigenvalue weighted by Gasteiger charge is 2.43. The molecule has 1 N–H and O–H groups in total. The fourth-order valence-corrected chi connectivity index (χ4v) is 3.74. The highest BCUT2D eigenvalue weighted by molar-refractivity contribution is 7.93. The number of rotatable bonds is 4. The number of hydrogen-bond donors (Lipinski definition) is 1. The molecule has 0 heterocycles. The summed E-state index contributed by atoms with van der Waals surface area (Å²) in [4.78, 5) is 0.246. The molecule has 0 aromatic rings. The second-order valence-electron chi connectivity index (χ2n) is 5.24. The summed E-state index contributed by atoms with van der Waals surface area (Å²) in [5.74, 6) is -0.710. The zero-order valence-electron chi connectivity index (χ0n) is 11.3. The predicted octanol–water partition coefficient (Wildman–Crippen LogP) is 1.44. The van der Waals surface area contributed by atoms with Crippen LogP contribution >= 0.6 is 0 Å². The van der Waals surface area contributed by atoms with Crippen molar-refractivity contribution in [1.82, 2.24) is 4.31 Å². The van der Waals surface area contributed by atoms with Gasteiger partial charge in [-0.25, -0.2) is 12.7 Å². The van der Waals surface area contributed by atoms with E-state index in [-0.39, 0.29) is 10.8 Å². The monoisotopic (exact) mass is 281 g/mol. The fraction of sp³-hybridized carbons (Fsp3) is 0.429. The normalized spacial score (nSPS) is 26.2. The number of hydrogen-bond acceptors (Lipinski definition) is 3. The third-order valence-electron chi connectivity index (χ3n) is 3.70. The van der Waals surface area contributed by atoms with E-state index in [0.29, 0.717) is 0 Å². The van der Waals surface area contributed by atoms with E-state index in [1.54, 1.807) is 25.2 Å². The van der Waals surface area contributed by atoms with E-state index in [0.717, 1.165) is 0 Å². The summed E-state index contributed by atoms with van der Waals surface area (Å²) >= 11 is 0. The van der Waals surface area contributed by atoms with Crippen molar-refractivity contribution in [2.45, 2.75) is 12.5 Å². The third-order valence-corrected chi connectivity index (χ3v) is 5.65. The van der Waals surface area contributed by atoms with Gasteiger partial charge >= 0.3 is 0 Å². The van der Waals surface area contributed by atoms with Crippen LogP contribution in [0.2, 0.25) is 0 Å². The molecule has 0 aromatic heterocycles. The van der Waals surface area contributed by atoms with Gasteiger partial charge in [-0.3, -0.25) is 0 Å². The van der Waals surface area contributed by atoms with Gasteiger partial charge in [0.05, 0.1) is 10.5 Å². The maximum absolute atomic E-state index is 12.3. The summed E-state index contributed by atoms with van der Waals surface area (Å²) in [5, 5.41) is 10.8. The zero-order chi connectivity index (χ0) is 14.3. The van der Waals surface area contributed by atoms with E-state index in [1.807, 2.05) is 24.3 Å². The lowest BCUT2D eigenvalue weighted by molar-refractivity contribution is 0.00968. The second kappa shape index (κ2) is 4.74. The van der Waals surface area contributed by atoms with E-state index in [4.69, 9.17) is 0 Å². The molecule has 19 heavy (non-hydrogen) atoms. The van der Waals surface area contributed by atoms with Crippen LogP contribution in [0.3, 0.4) is 0 Å². The Kier molecular flexibility index (Phi) is 3.55. The second-order valence-corrected chi connectivity index (χ2v) is 7.39. The molecule has 2 aliphatic rings. The molecule has 0 aromatic carbocycles. The zero-order valence-corrected chi connectivity index (χ0v) is 12.1. The summed E-state index contributed by atoms with van der Waals surface area (Å²) in [5.41, 5.74) is -1.16. The molecule has 2 aliphatic carbocycles. The molecule has 5 heteroatoms. The Morgan fingerprint density at radius 3 is 2.26 bits per heavy atom. The van der Waals surface area contributed by atoms with Crippen molar-refractivity contribution < 1.29 is 13.5 Å². The van der Waals surface area contributed by atoms with Crippen molar-refractivity contribution in [2.24, 2.45) is 11.8 Å². The molecule has 0 bridgehead atoms. The van der Waals surface area contributed by atoms with Gasteiger partial charge in [-0.15, -0.1) is 0 Å². The van der Waals surface area contributed by atoms with E-state index in [2.05, 4.69) is 0 Å². The molecular weight excluding hydrogens is 262 g/mol. The van der Waals surface area contributed by atoms with Crippen molar-refractivity contribution >= 4 is 10.0 Å². The first-order valence-corrected chi connectivity index (χ1v) is 7.60. The number of aliphatic hydroxyl groups is 1. The van der Waals surface area contributed by atoms with Gasteiger partial charge in [0.1, 0.15) is 0 Å². The van der Waals surface area contributed by atoms with Crippen LogP contribution in [0.5, 0.6) is 0 Å². The minimum Gasteiger partial charge on any atom is -0.388 e. The highest BCUT2D eigenvalue weighted by Crippen LogP contribution is 2.40. The number of allylic oxidation sites excluding steroid dienone is 4. The number of nitrogens with zero attached hydrogens (tertiary/aromatic N) is 1. The summed E-state index contributed by atoms with van der Waals surface area (Å²) < 4.78 is 25.7. The van der Waals surface area contributed by atoms with Crippen molar-refractivity contribution in [3.8, 4) is 0 Å². The smallest absolute Gasteiger partial charge is 0.239 e. The minimum absolute atomic E-state index is 0.180. The van der Waals surface area contributed by atoms with Crippen LogP contribution < -0.4 is 0 Å². The van der Waals surface area contributed by atoms with Crippen molar-refractivity contribution in [3.63, 3.8) is 0 Å². The van der Waals surface area contributed by atoms with Crippen LogP contribution in [0.4, 0.5) is 0 Å². The summed E-state index contributed by atoms with van der Waals surface area (Å²) in [6.07, 6.45) is 12.5. The van der Waals surface area contributed by atoms with Gasteiger partial charge in [-0.05, 0) is 13.0 Å². The van der Waals surface area contributed by atoms with E-state index in [1.165, 1.54) is 18.4 Å². The van der Waals surface area contributed by atoms with Crippen molar-refractivity contribution in [2.75, 3.05) is 14.1 Å². The number of sulfonamides is 1. The minimum atomic E-state index is -3.51. The molecule has 0 amide bonds. The Balaban J connectivity index is 2.36. The molecule has 0 saturated carbocycles. The topological polar surface area (TPSA) is 57.6 Å². The Labute approximate surface area is 114 Å². The van der Waals surface area contributed by atoms with Crippen LogP contribution in [0, 0.1) is 11.8 Å². The average molecular weight is 281 g/mol. The molecule has 0 fully saturated rings. The summed E-state index contributed by atoms with van der Waals surface area (Å²) in [6.45, 7) is 1.68. The quantitative estimate of drug-likeness (QED) is 0.848. The van der Waals surface area contributed by atoms with Gasteiger partial charge in [-0.1, -0.05) is 36.5 Å². The van der Waals surface area contributed by atoms with Gasteiger partial charge in [0, 0.05) is 25.9 Å². The van der Waals surface area contributed by atoms with Crippen LogP contribution in [-0.2, 0) is 10.0 Å². The van der Waals surface area contributed by atoms with Crippen LogP contribution in [0.25, 0.3) is 0 Å². The molecule has 104 valence electrons. The van der Waals surface area contributed by atoms with Crippen molar-refractivity contribution in [1.29, 1.82) is 0 Å². The Morgan fingerprint density at radius 2 is 1.74 bits per heavy atom. The van der Waals surface area contributed by atoms with Crippen molar-refractivity contribution in [3.05, 3.63) is 47.4 Å². The molecular formula is C14H19NO3S. The van der Waals surface area contributed by atoms with Crippen LogP contribution in [0.1, 0.15) is 6.92 Å². The van der Waals surface area contributed by atoms with E-state index >= 15 is 0 Å². The maximum atomic E-state index is 12.3. The first-order chi connectivity index (χ1) is 8.78. The highest BCUT2D eigenvalue weighted by atomic mass is 32.2. The van der Waals surface area contributed by atoms with Gasteiger partial charge < -0.3 is 5.11 Å². The first kappa shape index (κ1) is 14.2. The molecule has 0 spiro atoms. The van der Waals surface area contributed by atoms with Gasteiger partial charge in [0.25, 0.3) is 0 Å². The molecule has 2 unspecified atom stereocenters. The van der Waals surface area contributed by atoms with E-state index in [9.17, 15) is 13.5 Å². The molecule has 4 nitrogen and oxygen atoms in total. The molecule has 0 radical (unpaired) electrons. The Hall–Kier alpha value is -1.17. The molecule has 2 atom stereocenters. The average Bonchev–Trinajstić information content (AvgIpc) is 3.00. The maximum Gasteiger partial charge on any atom is 0.239 e. The Morgan fingerprint density at radius 1 is 1.16 bits per heavy atom. The first-order valence-electron chi connectivity index (χ1n) is 6.16. The summed E-state index contributed by atoms with van der Waals surface area (Å²) in [7, 11) is -0.523. The summed E-state index contributed by atoms with van der Waals surface area (Å²) in [6, 6.07) is 0. The molecule has 2 rings (SSSR count). The Bertz CT molecular complexity index is 568. The lowest BCUT2D eigenvalue weighted by atomic mass is 9.79. The molecule has 0 saturated heterocycles. The lowest BCUT2D eigenvalue weighted by Crippen LogP contribution is -2.42. The predicted molar refractivity (Wildman–Crippen MR) is 75.7 cm³/mol. The van der Waals surface area contributed by atoms with Gasteiger partial charge in [0.2, 0.25) is 10.0 Å². The van der Waals surface area contributed by atoms with Crippen LogP contribution in [-0.4, -0.2) is 37.5 Å². The SMILES string of the molecule is CN(C)S(=O)(=O)C1=CC=CC1C(C)(O)C1C=CC=C1.